The van der Waals surface area contributed by atoms with Crippen LogP contribution in [0.1, 0.15) is 29.5 Å². The highest BCUT2D eigenvalue weighted by Gasteiger charge is 2.26. The van der Waals surface area contributed by atoms with Crippen LogP contribution in [-0.4, -0.2) is 36.6 Å². The van der Waals surface area contributed by atoms with E-state index in [1.54, 1.807) is 24.3 Å². The standard InChI is InChI=1S/C22H24N4O4/c1-14-6-5-7-15(2)20(14)25-19(27)13-30-18-9-4-3-8-16(18)12-23-26-22(29)21(28)24-17-10-11-17/h3-9,12,17H,10-11,13H2,1-2H3,(H,24,28)(H,25,27)(H,26,29)/b23-12-. The van der Waals surface area contributed by atoms with Crippen molar-refractivity contribution in [3.05, 3.63) is 59.2 Å². The minimum Gasteiger partial charge on any atom is -0.483 e. The van der Waals surface area contributed by atoms with Gasteiger partial charge in [-0.2, -0.15) is 5.10 Å². The van der Waals surface area contributed by atoms with Crippen molar-refractivity contribution in [3.8, 4) is 5.75 Å². The predicted molar refractivity (Wildman–Crippen MR) is 113 cm³/mol. The third kappa shape index (κ3) is 5.91. The van der Waals surface area contributed by atoms with E-state index in [0.717, 1.165) is 29.7 Å². The molecule has 0 aromatic heterocycles. The van der Waals surface area contributed by atoms with Gasteiger partial charge >= 0.3 is 11.8 Å². The summed E-state index contributed by atoms with van der Waals surface area (Å²) < 4.78 is 5.62. The Hall–Kier alpha value is -3.68. The van der Waals surface area contributed by atoms with E-state index in [4.69, 9.17) is 4.74 Å². The van der Waals surface area contributed by atoms with E-state index >= 15 is 0 Å². The molecule has 1 fully saturated rings. The summed E-state index contributed by atoms with van der Waals surface area (Å²) in [5.74, 6) is -1.40. The molecule has 3 N–H and O–H groups in total. The van der Waals surface area contributed by atoms with Crippen molar-refractivity contribution in [2.75, 3.05) is 11.9 Å². The van der Waals surface area contributed by atoms with Crippen LogP contribution in [0.2, 0.25) is 0 Å². The number of ether oxygens (including phenoxy) is 1. The first kappa shape index (κ1) is 21.0. The summed E-state index contributed by atoms with van der Waals surface area (Å²) in [7, 11) is 0. The van der Waals surface area contributed by atoms with E-state index in [1.807, 2.05) is 32.0 Å². The third-order valence-corrected chi connectivity index (χ3v) is 4.51. The molecule has 2 aromatic carbocycles. The van der Waals surface area contributed by atoms with E-state index in [1.165, 1.54) is 6.21 Å². The molecule has 1 aliphatic rings. The topological polar surface area (TPSA) is 109 Å². The van der Waals surface area contributed by atoms with Gasteiger partial charge in [-0.25, -0.2) is 5.43 Å². The molecule has 3 rings (SSSR count). The van der Waals surface area contributed by atoms with E-state index in [0.29, 0.717) is 11.3 Å². The average molecular weight is 408 g/mol. The van der Waals surface area contributed by atoms with Crippen molar-refractivity contribution >= 4 is 29.6 Å². The summed E-state index contributed by atoms with van der Waals surface area (Å²) in [5, 5.41) is 9.24. The quantitative estimate of drug-likeness (QED) is 0.370. The summed E-state index contributed by atoms with van der Waals surface area (Å²) in [6.45, 7) is 3.66. The van der Waals surface area contributed by atoms with Crippen molar-refractivity contribution in [3.63, 3.8) is 0 Å². The molecule has 0 atom stereocenters. The molecule has 0 radical (unpaired) electrons. The number of hydrogen-bond acceptors (Lipinski definition) is 5. The second kappa shape index (κ2) is 9.69. The van der Waals surface area contributed by atoms with Crippen LogP contribution in [0, 0.1) is 13.8 Å². The molecule has 30 heavy (non-hydrogen) atoms. The fourth-order valence-corrected chi connectivity index (χ4v) is 2.74. The fourth-order valence-electron chi connectivity index (χ4n) is 2.74. The van der Waals surface area contributed by atoms with Crippen molar-refractivity contribution in [1.29, 1.82) is 0 Å². The zero-order valence-electron chi connectivity index (χ0n) is 16.9. The molecule has 3 amide bonds. The third-order valence-electron chi connectivity index (χ3n) is 4.51. The average Bonchev–Trinajstić information content (AvgIpc) is 3.54. The number of nitrogens with one attached hydrogen (secondary N) is 3. The van der Waals surface area contributed by atoms with Crippen LogP contribution >= 0.6 is 0 Å². The molecule has 0 bridgehead atoms. The zero-order valence-corrected chi connectivity index (χ0v) is 16.9. The molecule has 1 saturated carbocycles. The van der Waals surface area contributed by atoms with Gasteiger partial charge in [-0.05, 0) is 49.9 Å². The Bertz CT molecular complexity index is 963. The molecular formula is C22H24N4O4. The van der Waals surface area contributed by atoms with Gasteiger partial charge in [0.05, 0.1) is 6.21 Å². The van der Waals surface area contributed by atoms with E-state index in [9.17, 15) is 14.4 Å². The van der Waals surface area contributed by atoms with Crippen molar-refractivity contribution in [1.82, 2.24) is 10.7 Å². The number of carbonyl (C=O) groups is 3. The summed E-state index contributed by atoms with van der Waals surface area (Å²) >= 11 is 0. The number of benzene rings is 2. The number of amides is 3. The Labute approximate surface area is 174 Å². The molecule has 0 saturated heterocycles. The van der Waals surface area contributed by atoms with Gasteiger partial charge in [0.25, 0.3) is 5.91 Å². The van der Waals surface area contributed by atoms with E-state index < -0.39 is 11.8 Å². The van der Waals surface area contributed by atoms with E-state index in [2.05, 4.69) is 21.2 Å². The fraction of sp³-hybridized carbons (Fsp3) is 0.273. The van der Waals surface area contributed by atoms with Crippen LogP contribution < -0.4 is 20.8 Å². The summed E-state index contributed by atoms with van der Waals surface area (Å²) in [6.07, 6.45) is 3.15. The van der Waals surface area contributed by atoms with Gasteiger partial charge in [-0.3, -0.25) is 14.4 Å². The van der Waals surface area contributed by atoms with Gasteiger partial charge in [0.1, 0.15) is 5.75 Å². The lowest BCUT2D eigenvalue weighted by atomic mass is 10.1. The van der Waals surface area contributed by atoms with Gasteiger partial charge in [0.2, 0.25) is 0 Å². The highest BCUT2D eigenvalue weighted by Crippen LogP contribution is 2.20. The predicted octanol–water partition coefficient (Wildman–Crippen LogP) is 2.05. The van der Waals surface area contributed by atoms with Gasteiger partial charge in [0.15, 0.2) is 6.61 Å². The molecular weight excluding hydrogens is 384 g/mol. The normalized spacial score (nSPS) is 13.0. The summed E-state index contributed by atoms with van der Waals surface area (Å²) in [4.78, 5) is 35.6. The zero-order chi connectivity index (χ0) is 21.5. The van der Waals surface area contributed by atoms with Crippen molar-refractivity contribution in [2.24, 2.45) is 5.10 Å². The molecule has 8 nitrogen and oxygen atoms in total. The van der Waals surface area contributed by atoms with Crippen molar-refractivity contribution in [2.45, 2.75) is 32.7 Å². The Kier molecular flexibility index (Phi) is 6.79. The number of carbonyl (C=O) groups excluding carboxylic acids is 3. The maximum atomic E-state index is 12.3. The molecule has 0 heterocycles. The molecule has 0 aliphatic heterocycles. The minimum atomic E-state index is -0.829. The highest BCUT2D eigenvalue weighted by molar-refractivity contribution is 6.35. The molecule has 2 aromatic rings. The van der Waals surface area contributed by atoms with Gasteiger partial charge in [-0.1, -0.05) is 30.3 Å². The molecule has 8 heteroatoms. The first-order valence-electron chi connectivity index (χ1n) is 9.66. The van der Waals surface area contributed by atoms with Crippen LogP contribution in [0.3, 0.4) is 0 Å². The van der Waals surface area contributed by atoms with Crippen LogP contribution in [0.5, 0.6) is 5.75 Å². The van der Waals surface area contributed by atoms with Gasteiger partial charge < -0.3 is 15.4 Å². The van der Waals surface area contributed by atoms with E-state index in [-0.39, 0.29) is 18.6 Å². The summed E-state index contributed by atoms with van der Waals surface area (Å²) in [6, 6.07) is 12.8. The smallest absolute Gasteiger partial charge is 0.329 e. The van der Waals surface area contributed by atoms with Crippen LogP contribution in [-0.2, 0) is 14.4 Å². The lowest BCUT2D eigenvalue weighted by molar-refractivity contribution is -0.139. The highest BCUT2D eigenvalue weighted by atomic mass is 16.5. The molecule has 156 valence electrons. The second-order valence-corrected chi connectivity index (χ2v) is 7.09. The van der Waals surface area contributed by atoms with Crippen LogP contribution in [0.4, 0.5) is 5.69 Å². The molecule has 0 spiro atoms. The Morgan fingerprint density at radius 3 is 2.43 bits per heavy atom. The maximum absolute atomic E-state index is 12.3. The number of nitrogens with zero attached hydrogens (tertiary/aromatic N) is 1. The van der Waals surface area contributed by atoms with Crippen LogP contribution in [0.15, 0.2) is 47.6 Å². The lowest BCUT2D eigenvalue weighted by Gasteiger charge is -2.13. The number of hydrazone groups is 1. The maximum Gasteiger partial charge on any atom is 0.329 e. The lowest BCUT2D eigenvalue weighted by Crippen LogP contribution is -2.38. The number of anilines is 1. The number of hydrogen-bond donors (Lipinski definition) is 3. The molecule has 1 aliphatic carbocycles. The minimum absolute atomic E-state index is 0.0935. The monoisotopic (exact) mass is 408 g/mol. The largest absolute Gasteiger partial charge is 0.483 e. The van der Waals surface area contributed by atoms with Crippen molar-refractivity contribution < 1.29 is 19.1 Å². The SMILES string of the molecule is Cc1cccc(C)c1NC(=O)COc1ccccc1/C=N\NC(=O)C(=O)NC1CC1. The Morgan fingerprint density at radius 1 is 1.03 bits per heavy atom. The van der Waals surface area contributed by atoms with Gasteiger partial charge in [0, 0.05) is 17.3 Å². The second-order valence-electron chi connectivity index (χ2n) is 7.09. The first-order chi connectivity index (χ1) is 14.4. The summed E-state index contributed by atoms with van der Waals surface area (Å²) in [5.41, 5.74) is 5.45. The van der Waals surface area contributed by atoms with Crippen LogP contribution in [0.25, 0.3) is 0 Å². The van der Waals surface area contributed by atoms with Gasteiger partial charge in [-0.15, -0.1) is 0 Å². The number of para-hydroxylation sites is 2. The number of rotatable bonds is 7. The Morgan fingerprint density at radius 2 is 1.73 bits per heavy atom. The first-order valence-corrected chi connectivity index (χ1v) is 9.66. The Balaban J connectivity index is 1.55. The number of aryl methyl sites for hydroxylation is 2. The molecule has 0 unspecified atom stereocenters.